The third-order valence-electron chi connectivity index (χ3n) is 4.45. The Balaban J connectivity index is 1.57. The Kier molecular flexibility index (Phi) is 3.58. The molecule has 3 fully saturated rings. The second-order valence-electron chi connectivity index (χ2n) is 5.93. The van der Waals surface area contributed by atoms with Gasteiger partial charge < -0.3 is 9.47 Å². The van der Waals surface area contributed by atoms with Gasteiger partial charge in [-0.3, -0.25) is 14.5 Å². The topological polar surface area (TPSA) is 55.8 Å². The standard InChI is InChI=1S/C14H21NO4/c1-9-7-10-11(8-9)14(17)15(13(10)16)4-3-12-18-5-2-6-19-12/h9-12H,2-8H2,1H3. The molecule has 0 bridgehead atoms. The van der Waals surface area contributed by atoms with Crippen LogP contribution in [0, 0.1) is 17.8 Å². The van der Waals surface area contributed by atoms with Crippen molar-refractivity contribution in [2.24, 2.45) is 17.8 Å². The van der Waals surface area contributed by atoms with E-state index in [9.17, 15) is 9.59 Å². The molecule has 0 aromatic rings. The van der Waals surface area contributed by atoms with Crippen molar-refractivity contribution in [1.82, 2.24) is 4.90 Å². The lowest BCUT2D eigenvalue weighted by atomic mass is 10.00. The quantitative estimate of drug-likeness (QED) is 0.720. The predicted molar refractivity (Wildman–Crippen MR) is 67.0 cm³/mol. The van der Waals surface area contributed by atoms with Gasteiger partial charge >= 0.3 is 0 Å². The molecule has 2 aliphatic heterocycles. The Morgan fingerprint density at radius 2 is 1.68 bits per heavy atom. The Morgan fingerprint density at radius 1 is 1.11 bits per heavy atom. The van der Waals surface area contributed by atoms with Crippen molar-refractivity contribution in [2.45, 2.75) is 38.9 Å². The lowest BCUT2D eigenvalue weighted by molar-refractivity contribution is -0.183. The zero-order valence-electron chi connectivity index (χ0n) is 11.3. The van der Waals surface area contributed by atoms with E-state index in [0.29, 0.717) is 32.1 Å². The minimum absolute atomic E-state index is 0.0233. The summed E-state index contributed by atoms with van der Waals surface area (Å²) in [6.45, 7) is 3.96. The lowest BCUT2D eigenvalue weighted by Gasteiger charge is -2.25. The number of amides is 2. The number of carbonyl (C=O) groups is 2. The van der Waals surface area contributed by atoms with E-state index in [1.165, 1.54) is 4.90 Å². The lowest BCUT2D eigenvalue weighted by Crippen LogP contribution is -2.36. The first-order chi connectivity index (χ1) is 9.16. The van der Waals surface area contributed by atoms with Crippen LogP contribution in [0.25, 0.3) is 0 Å². The largest absolute Gasteiger partial charge is 0.353 e. The molecule has 0 radical (unpaired) electrons. The molecule has 2 heterocycles. The van der Waals surface area contributed by atoms with Crippen LogP contribution in [0.4, 0.5) is 0 Å². The number of hydrogen-bond acceptors (Lipinski definition) is 4. The van der Waals surface area contributed by atoms with Crippen molar-refractivity contribution in [3.63, 3.8) is 0 Å². The fourth-order valence-corrected chi connectivity index (χ4v) is 3.50. The number of carbonyl (C=O) groups excluding carboxylic acids is 2. The molecule has 2 amide bonds. The summed E-state index contributed by atoms with van der Waals surface area (Å²) in [5, 5.41) is 0. The highest BCUT2D eigenvalue weighted by atomic mass is 16.7. The second kappa shape index (κ2) is 5.21. The highest BCUT2D eigenvalue weighted by molar-refractivity contribution is 6.05. The molecule has 3 rings (SSSR count). The number of likely N-dealkylation sites (tertiary alicyclic amines) is 1. The SMILES string of the molecule is CC1CC2C(=O)N(CCC3OCCCO3)C(=O)C2C1. The number of fused-ring (bicyclic) bond motifs is 1. The van der Waals surface area contributed by atoms with E-state index in [0.717, 1.165) is 19.3 Å². The fourth-order valence-electron chi connectivity index (χ4n) is 3.50. The maximum absolute atomic E-state index is 12.2. The van der Waals surface area contributed by atoms with E-state index < -0.39 is 0 Å². The summed E-state index contributed by atoms with van der Waals surface area (Å²) < 4.78 is 10.9. The van der Waals surface area contributed by atoms with Crippen molar-refractivity contribution in [1.29, 1.82) is 0 Å². The van der Waals surface area contributed by atoms with Gasteiger partial charge in [-0.2, -0.15) is 0 Å². The van der Waals surface area contributed by atoms with E-state index in [4.69, 9.17) is 9.47 Å². The Morgan fingerprint density at radius 3 is 2.26 bits per heavy atom. The third kappa shape index (κ3) is 2.41. The van der Waals surface area contributed by atoms with Gasteiger partial charge in [0.1, 0.15) is 0 Å². The van der Waals surface area contributed by atoms with E-state index in [1.54, 1.807) is 0 Å². The van der Waals surface area contributed by atoms with E-state index in [2.05, 4.69) is 6.92 Å². The van der Waals surface area contributed by atoms with Crippen LogP contribution in [0.2, 0.25) is 0 Å². The monoisotopic (exact) mass is 267 g/mol. The van der Waals surface area contributed by atoms with Gasteiger partial charge in [0.2, 0.25) is 11.8 Å². The van der Waals surface area contributed by atoms with Crippen LogP contribution in [0.15, 0.2) is 0 Å². The molecule has 0 N–H and O–H groups in total. The average molecular weight is 267 g/mol. The molecule has 1 saturated carbocycles. The first kappa shape index (κ1) is 13.1. The Hall–Kier alpha value is -0.940. The molecular formula is C14H21NO4. The van der Waals surface area contributed by atoms with Gasteiger partial charge in [-0.1, -0.05) is 6.92 Å². The first-order valence-corrected chi connectivity index (χ1v) is 7.25. The van der Waals surface area contributed by atoms with Gasteiger partial charge in [-0.15, -0.1) is 0 Å². The van der Waals surface area contributed by atoms with Crippen molar-refractivity contribution >= 4 is 11.8 Å². The summed E-state index contributed by atoms with van der Waals surface area (Å²) in [6.07, 6.45) is 2.98. The normalized spacial score (nSPS) is 36.1. The van der Waals surface area contributed by atoms with Crippen LogP contribution >= 0.6 is 0 Å². The molecule has 5 heteroatoms. The molecule has 0 aromatic heterocycles. The number of ether oxygens (including phenoxy) is 2. The number of imide groups is 1. The van der Waals surface area contributed by atoms with Crippen LogP contribution in [0.5, 0.6) is 0 Å². The van der Waals surface area contributed by atoms with Crippen LogP contribution in [-0.4, -0.2) is 42.8 Å². The molecule has 0 aromatic carbocycles. The van der Waals surface area contributed by atoms with E-state index in [1.807, 2.05) is 0 Å². The van der Waals surface area contributed by atoms with E-state index >= 15 is 0 Å². The van der Waals surface area contributed by atoms with Gasteiger partial charge in [0.05, 0.1) is 25.0 Å². The molecule has 106 valence electrons. The van der Waals surface area contributed by atoms with Crippen molar-refractivity contribution in [2.75, 3.05) is 19.8 Å². The smallest absolute Gasteiger partial charge is 0.233 e. The van der Waals surface area contributed by atoms with Crippen LogP contribution < -0.4 is 0 Å². The first-order valence-electron chi connectivity index (χ1n) is 7.25. The average Bonchev–Trinajstić information content (AvgIpc) is 2.89. The van der Waals surface area contributed by atoms with E-state index in [-0.39, 0.29) is 29.9 Å². The maximum Gasteiger partial charge on any atom is 0.233 e. The predicted octanol–water partition coefficient (Wildman–Crippen LogP) is 1.17. The summed E-state index contributed by atoms with van der Waals surface area (Å²) in [5.41, 5.74) is 0. The number of hydrogen-bond donors (Lipinski definition) is 0. The summed E-state index contributed by atoms with van der Waals surface area (Å²) in [4.78, 5) is 25.9. The molecule has 2 atom stereocenters. The molecular weight excluding hydrogens is 246 g/mol. The zero-order valence-corrected chi connectivity index (χ0v) is 11.3. The minimum Gasteiger partial charge on any atom is -0.353 e. The van der Waals surface area contributed by atoms with Gasteiger partial charge in [-0.05, 0) is 25.2 Å². The second-order valence-corrected chi connectivity index (χ2v) is 5.93. The van der Waals surface area contributed by atoms with Crippen LogP contribution in [0.1, 0.15) is 32.6 Å². The van der Waals surface area contributed by atoms with Gasteiger partial charge in [0.15, 0.2) is 6.29 Å². The van der Waals surface area contributed by atoms with Crippen LogP contribution in [-0.2, 0) is 19.1 Å². The molecule has 5 nitrogen and oxygen atoms in total. The van der Waals surface area contributed by atoms with Crippen molar-refractivity contribution in [3.05, 3.63) is 0 Å². The number of rotatable bonds is 3. The summed E-state index contributed by atoms with van der Waals surface area (Å²) >= 11 is 0. The fraction of sp³-hybridized carbons (Fsp3) is 0.857. The summed E-state index contributed by atoms with van der Waals surface area (Å²) in [6, 6.07) is 0. The number of nitrogens with zero attached hydrogens (tertiary/aromatic N) is 1. The van der Waals surface area contributed by atoms with Crippen molar-refractivity contribution in [3.8, 4) is 0 Å². The van der Waals surface area contributed by atoms with Gasteiger partial charge in [-0.25, -0.2) is 0 Å². The molecule has 3 aliphatic rings. The molecule has 2 unspecified atom stereocenters. The molecule has 1 aliphatic carbocycles. The Bertz CT molecular complexity index is 354. The minimum atomic E-state index is -0.256. The van der Waals surface area contributed by atoms with Crippen LogP contribution in [0.3, 0.4) is 0 Å². The van der Waals surface area contributed by atoms with Crippen molar-refractivity contribution < 1.29 is 19.1 Å². The Labute approximate surface area is 113 Å². The highest BCUT2D eigenvalue weighted by Gasteiger charge is 2.51. The van der Waals surface area contributed by atoms with Gasteiger partial charge in [0.25, 0.3) is 0 Å². The summed E-state index contributed by atoms with van der Waals surface area (Å²) in [5.74, 6) is 0.423. The molecule has 0 spiro atoms. The molecule has 19 heavy (non-hydrogen) atoms. The van der Waals surface area contributed by atoms with Gasteiger partial charge in [0, 0.05) is 13.0 Å². The highest BCUT2D eigenvalue weighted by Crippen LogP contribution is 2.42. The summed E-state index contributed by atoms with van der Waals surface area (Å²) in [7, 11) is 0. The third-order valence-corrected chi connectivity index (χ3v) is 4.45. The zero-order chi connectivity index (χ0) is 13.4. The molecule has 2 saturated heterocycles. The maximum atomic E-state index is 12.2.